The number of rotatable bonds is 9. The van der Waals surface area contributed by atoms with Crippen molar-refractivity contribution in [1.29, 1.82) is 0 Å². The molecule has 2 rings (SSSR count). The number of likely N-dealkylation sites (N-methyl/N-ethyl adjacent to an activating group) is 1. The molecule has 27 heavy (non-hydrogen) atoms. The lowest BCUT2D eigenvalue weighted by molar-refractivity contribution is -0.125. The maximum atomic E-state index is 12.2. The van der Waals surface area contributed by atoms with Crippen molar-refractivity contribution in [3.63, 3.8) is 0 Å². The number of nitrogens with one attached hydrogen (secondary N) is 2. The fourth-order valence-corrected chi connectivity index (χ4v) is 3.78. The van der Waals surface area contributed by atoms with Gasteiger partial charge in [0.2, 0.25) is 15.9 Å². The lowest BCUT2D eigenvalue weighted by Crippen LogP contribution is -2.40. The topological polar surface area (TPSA) is 128 Å². The molecule has 4 atom stereocenters. The molecule has 1 aliphatic rings. The standard InChI is InChI=1S/C17H27N3O6S/c1-20(2)9-8-18-15(21)10-13-16(22)17(23)14(26-13)11-19-27(24,25)12-6-4-3-5-7-12/h3-7,13-14,16-17,19,22-23H,8-11H2,1-2H3,(H,18,21)/t13-,14+,16-,17+/m0/s1. The van der Waals surface area contributed by atoms with Gasteiger partial charge in [-0.25, -0.2) is 13.1 Å². The van der Waals surface area contributed by atoms with Crippen LogP contribution in [0.25, 0.3) is 0 Å². The fourth-order valence-electron chi connectivity index (χ4n) is 2.71. The smallest absolute Gasteiger partial charge is 0.240 e. The number of carbonyl (C=O) groups excluding carboxylic acids is 1. The summed E-state index contributed by atoms with van der Waals surface area (Å²) >= 11 is 0. The predicted octanol–water partition coefficient (Wildman–Crippen LogP) is -1.48. The van der Waals surface area contributed by atoms with Gasteiger partial charge in [0.1, 0.15) is 18.3 Å². The number of ether oxygens (including phenoxy) is 1. The number of hydrogen-bond acceptors (Lipinski definition) is 7. The van der Waals surface area contributed by atoms with Gasteiger partial charge in [-0.05, 0) is 26.2 Å². The van der Waals surface area contributed by atoms with E-state index >= 15 is 0 Å². The molecule has 1 heterocycles. The number of hydrogen-bond donors (Lipinski definition) is 4. The van der Waals surface area contributed by atoms with E-state index < -0.39 is 34.4 Å². The van der Waals surface area contributed by atoms with Crippen molar-refractivity contribution in [2.45, 2.75) is 35.7 Å². The number of nitrogens with zero attached hydrogens (tertiary/aromatic N) is 1. The molecule has 1 aliphatic heterocycles. The fraction of sp³-hybridized carbons (Fsp3) is 0.588. The summed E-state index contributed by atoms with van der Waals surface area (Å²) < 4.78 is 32.3. The van der Waals surface area contributed by atoms with Crippen molar-refractivity contribution in [3.05, 3.63) is 30.3 Å². The van der Waals surface area contributed by atoms with Crippen LogP contribution in [0.1, 0.15) is 6.42 Å². The second kappa shape index (κ2) is 9.58. The number of sulfonamides is 1. The van der Waals surface area contributed by atoms with Crippen LogP contribution in [-0.2, 0) is 19.6 Å². The second-order valence-corrected chi connectivity index (χ2v) is 8.48. The second-order valence-electron chi connectivity index (χ2n) is 6.72. The zero-order valence-electron chi connectivity index (χ0n) is 15.4. The molecule has 1 fully saturated rings. The molecule has 0 spiro atoms. The lowest BCUT2D eigenvalue weighted by Gasteiger charge is -2.16. The minimum atomic E-state index is -3.76. The number of aliphatic hydroxyl groups excluding tert-OH is 2. The highest BCUT2D eigenvalue weighted by Crippen LogP contribution is 2.23. The van der Waals surface area contributed by atoms with Crippen LogP contribution in [0.15, 0.2) is 35.2 Å². The Bertz CT molecular complexity index is 713. The number of benzene rings is 1. The van der Waals surface area contributed by atoms with Crippen LogP contribution in [0.2, 0.25) is 0 Å². The minimum Gasteiger partial charge on any atom is -0.388 e. The Labute approximate surface area is 159 Å². The summed E-state index contributed by atoms with van der Waals surface area (Å²) in [5.41, 5.74) is 0. The summed E-state index contributed by atoms with van der Waals surface area (Å²) in [6.07, 6.45) is -4.52. The molecule has 1 aromatic carbocycles. The molecule has 0 bridgehead atoms. The molecule has 0 saturated carbocycles. The van der Waals surface area contributed by atoms with Crippen LogP contribution >= 0.6 is 0 Å². The van der Waals surface area contributed by atoms with E-state index in [1.54, 1.807) is 18.2 Å². The van der Waals surface area contributed by atoms with Crippen LogP contribution < -0.4 is 10.0 Å². The van der Waals surface area contributed by atoms with Gasteiger partial charge in [0.15, 0.2) is 0 Å². The molecule has 0 radical (unpaired) electrons. The van der Waals surface area contributed by atoms with E-state index in [-0.39, 0.29) is 23.8 Å². The largest absolute Gasteiger partial charge is 0.388 e. The van der Waals surface area contributed by atoms with Crippen LogP contribution in [0.3, 0.4) is 0 Å². The quantitative estimate of drug-likeness (QED) is 0.397. The normalized spacial score (nSPS) is 25.7. The Morgan fingerprint density at radius 1 is 1.15 bits per heavy atom. The van der Waals surface area contributed by atoms with E-state index in [0.29, 0.717) is 13.1 Å². The van der Waals surface area contributed by atoms with E-state index in [0.717, 1.165) is 0 Å². The Morgan fingerprint density at radius 3 is 2.41 bits per heavy atom. The van der Waals surface area contributed by atoms with Gasteiger partial charge < -0.3 is 25.2 Å². The Balaban J connectivity index is 1.86. The average Bonchev–Trinajstić information content (AvgIpc) is 2.88. The molecule has 0 aliphatic carbocycles. The highest BCUT2D eigenvalue weighted by molar-refractivity contribution is 7.89. The van der Waals surface area contributed by atoms with Crippen molar-refractivity contribution < 1.29 is 28.2 Å². The first-order chi connectivity index (χ1) is 12.7. The zero-order chi connectivity index (χ0) is 20.0. The Kier molecular flexibility index (Phi) is 7.71. The Hall–Kier alpha value is -1.56. The molecule has 0 aromatic heterocycles. The first kappa shape index (κ1) is 21.7. The maximum Gasteiger partial charge on any atom is 0.240 e. The Morgan fingerprint density at radius 2 is 1.78 bits per heavy atom. The summed E-state index contributed by atoms with van der Waals surface area (Å²) in [4.78, 5) is 13.9. The van der Waals surface area contributed by atoms with Crippen molar-refractivity contribution in [2.75, 3.05) is 33.7 Å². The molecule has 1 aromatic rings. The van der Waals surface area contributed by atoms with Gasteiger partial charge in [-0.2, -0.15) is 0 Å². The third-order valence-electron chi connectivity index (χ3n) is 4.26. The van der Waals surface area contributed by atoms with Gasteiger partial charge in [0.25, 0.3) is 0 Å². The van der Waals surface area contributed by atoms with Crippen LogP contribution in [-0.4, -0.2) is 87.6 Å². The molecule has 4 N–H and O–H groups in total. The molecular weight excluding hydrogens is 374 g/mol. The molecule has 9 nitrogen and oxygen atoms in total. The zero-order valence-corrected chi connectivity index (χ0v) is 16.2. The monoisotopic (exact) mass is 401 g/mol. The van der Waals surface area contributed by atoms with Gasteiger partial charge in [-0.15, -0.1) is 0 Å². The van der Waals surface area contributed by atoms with Gasteiger partial charge >= 0.3 is 0 Å². The highest BCUT2D eigenvalue weighted by atomic mass is 32.2. The van der Waals surface area contributed by atoms with E-state index in [2.05, 4.69) is 10.0 Å². The first-order valence-corrected chi connectivity index (χ1v) is 10.2. The number of amides is 1. The average molecular weight is 401 g/mol. The third-order valence-corrected chi connectivity index (χ3v) is 5.70. The van der Waals surface area contributed by atoms with E-state index in [1.165, 1.54) is 12.1 Å². The summed E-state index contributed by atoms with van der Waals surface area (Å²) in [7, 11) is 0.00872. The van der Waals surface area contributed by atoms with Crippen molar-refractivity contribution in [3.8, 4) is 0 Å². The molecule has 0 unspecified atom stereocenters. The van der Waals surface area contributed by atoms with Crippen molar-refractivity contribution in [2.24, 2.45) is 0 Å². The van der Waals surface area contributed by atoms with Crippen molar-refractivity contribution in [1.82, 2.24) is 14.9 Å². The molecule has 1 amide bonds. The van der Waals surface area contributed by atoms with Crippen LogP contribution in [0.4, 0.5) is 0 Å². The van der Waals surface area contributed by atoms with Gasteiger partial charge in [-0.1, -0.05) is 18.2 Å². The molecule has 10 heteroatoms. The SMILES string of the molecule is CN(C)CCNC(=O)C[C@@H]1O[C@H](CNS(=O)(=O)c2ccccc2)[C@@H](O)[C@H]1O. The molecular formula is C17H27N3O6S. The van der Waals surface area contributed by atoms with Crippen LogP contribution in [0.5, 0.6) is 0 Å². The number of carbonyl (C=O) groups is 1. The van der Waals surface area contributed by atoms with Gasteiger partial charge in [0.05, 0.1) is 17.4 Å². The molecule has 152 valence electrons. The van der Waals surface area contributed by atoms with Crippen LogP contribution in [0, 0.1) is 0 Å². The van der Waals surface area contributed by atoms with E-state index in [4.69, 9.17) is 4.74 Å². The summed E-state index contributed by atoms with van der Waals surface area (Å²) in [5, 5.41) is 22.9. The van der Waals surface area contributed by atoms with Crippen molar-refractivity contribution >= 4 is 15.9 Å². The third kappa shape index (κ3) is 6.23. The maximum absolute atomic E-state index is 12.2. The van der Waals surface area contributed by atoms with E-state index in [1.807, 2.05) is 19.0 Å². The lowest BCUT2D eigenvalue weighted by atomic mass is 10.1. The molecule has 1 saturated heterocycles. The summed E-state index contributed by atoms with van der Waals surface area (Å²) in [6.45, 7) is 0.915. The summed E-state index contributed by atoms with van der Waals surface area (Å²) in [5.74, 6) is -0.307. The summed E-state index contributed by atoms with van der Waals surface area (Å²) in [6, 6.07) is 7.80. The van der Waals surface area contributed by atoms with E-state index in [9.17, 15) is 23.4 Å². The number of aliphatic hydroxyl groups is 2. The van der Waals surface area contributed by atoms with Gasteiger partial charge in [0, 0.05) is 19.6 Å². The van der Waals surface area contributed by atoms with Gasteiger partial charge in [-0.3, -0.25) is 4.79 Å². The highest BCUT2D eigenvalue weighted by Gasteiger charge is 2.43. The minimum absolute atomic E-state index is 0.0925. The predicted molar refractivity (Wildman–Crippen MR) is 98.5 cm³/mol. The first-order valence-electron chi connectivity index (χ1n) is 8.68.